The van der Waals surface area contributed by atoms with E-state index >= 15 is 0 Å². The minimum atomic E-state index is -0.998. The first-order chi connectivity index (χ1) is 11.0. The van der Waals surface area contributed by atoms with Crippen molar-refractivity contribution < 1.29 is 9.90 Å². The number of hydrogen-bond donors (Lipinski definition) is 3. The summed E-state index contributed by atoms with van der Waals surface area (Å²) in [4.78, 5) is 12.5. The predicted molar refractivity (Wildman–Crippen MR) is 92.0 cm³/mol. The Morgan fingerprint density at radius 1 is 1.43 bits per heavy atom. The summed E-state index contributed by atoms with van der Waals surface area (Å²) in [6.45, 7) is 2.03. The highest BCUT2D eigenvalue weighted by Crippen LogP contribution is 2.35. The van der Waals surface area contributed by atoms with Crippen molar-refractivity contribution in [2.45, 2.75) is 31.8 Å². The molecule has 1 heterocycles. The zero-order chi connectivity index (χ0) is 16.4. The Morgan fingerprint density at radius 2 is 2.22 bits per heavy atom. The zero-order valence-corrected chi connectivity index (χ0v) is 14.2. The van der Waals surface area contributed by atoms with Crippen LogP contribution in [0.4, 0.5) is 5.00 Å². The van der Waals surface area contributed by atoms with E-state index in [-0.39, 0.29) is 12.5 Å². The molecule has 0 aliphatic heterocycles. The van der Waals surface area contributed by atoms with Gasteiger partial charge in [0.2, 0.25) is 0 Å². The molecule has 0 radical (unpaired) electrons. The fraction of sp³-hybridized carbons (Fsp3) is 0.412. The van der Waals surface area contributed by atoms with Gasteiger partial charge in [0.1, 0.15) is 10.6 Å². The maximum Gasteiger partial charge on any atom is 0.256 e. The molecule has 1 aliphatic carbocycles. The van der Waals surface area contributed by atoms with E-state index in [4.69, 9.17) is 0 Å². The van der Waals surface area contributed by atoms with Crippen LogP contribution in [0.15, 0.2) is 24.3 Å². The third-order valence-corrected chi connectivity index (χ3v) is 5.37. The van der Waals surface area contributed by atoms with Crippen LogP contribution in [0, 0.1) is 6.92 Å². The van der Waals surface area contributed by atoms with Crippen LogP contribution in [-0.2, 0) is 12.0 Å². The van der Waals surface area contributed by atoms with Crippen LogP contribution in [0.1, 0.15) is 40.0 Å². The van der Waals surface area contributed by atoms with Crippen LogP contribution >= 0.6 is 11.5 Å². The van der Waals surface area contributed by atoms with E-state index in [1.807, 2.05) is 31.2 Å². The largest absolute Gasteiger partial charge is 0.383 e. The van der Waals surface area contributed by atoms with E-state index in [0.717, 1.165) is 23.4 Å². The van der Waals surface area contributed by atoms with Crippen molar-refractivity contribution in [1.82, 2.24) is 9.69 Å². The second-order valence-electron chi connectivity index (χ2n) is 5.95. The number of fused-ring (bicyclic) bond motifs is 1. The molecule has 0 saturated heterocycles. The van der Waals surface area contributed by atoms with Gasteiger partial charge in [0.25, 0.3) is 5.91 Å². The van der Waals surface area contributed by atoms with Crippen molar-refractivity contribution in [2.24, 2.45) is 0 Å². The van der Waals surface area contributed by atoms with Crippen LogP contribution < -0.4 is 10.6 Å². The van der Waals surface area contributed by atoms with Gasteiger partial charge in [-0.25, -0.2) is 0 Å². The zero-order valence-electron chi connectivity index (χ0n) is 13.3. The van der Waals surface area contributed by atoms with Crippen molar-refractivity contribution in [2.75, 3.05) is 18.9 Å². The molecule has 0 bridgehead atoms. The molecule has 1 aliphatic rings. The standard InChI is InChI=1S/C17H21N3O2S/c1-11-14(16(18-2)23-20-11)15(21)19-10-17(22)9-5-7-12-6-3-4-8-13(12)17/h3-4,6,8,18,22H,5,7,9-10H2,1-2H3,(H,19,21). The molecule has 2 aromatic rings. The fourth-order valence-electron chi connectivity index (χ4n) is 3.20. The lowest BCUT2D eigenvalue weighted by atomic mass is 9.79. The normalized spacial score (nSPS) is 20.0. The molecule has 5 nitrogen and oxygen atoms in total. The maximum atomic E-state index is 12.5. The Kier molecular flexibility index (Phi) is 4.37. The number of carbonyl (C=O) groups excluding carboxylic acids is 1. The number of anilines is 1. The molecule has 0 fully saturated rings. The average Bonchev–Trinajstić information content (AvgIpc) is 2.94. The van der Waals surface area contributed by atoms with Gasteiger partial charge in [-0.15, -0.1) is 0 Å². The summed E-state index contributed by atoms with van der Waals surface area (Å²) in [5, 5.41) is 17.7. The lowest BCUT2D eigenvalue weighted by molar-refractivity contribution is 0.0189. The highest BCUT2D eigenvalue weighted by molar-refractivity contribution is 7.10. The summed E-state index contributed by atoms with van der Waals surface area (Å²) in [5.74, 6) is -0.197. The van der Waals surface area contributed by atoms with Gasteiger partial charge in [0.15, 0.2) is 0 Å². The molecule has 6 heteroatoms. The van der Waals surface area contributed by atoms with Crippen LogP contribution in [0.5, 0.6) is 0 Å². The molecule has 122 valence electrons. The summed E-state index contributed by atoms with van der Waals surface area (Å²) in [6.07, 6.45) is 2.55. The summed E-state index contributed by atoms with van der Waals surface area (Å²) < 4.78 is 4.21. The molecule has 0 saturated carbocycles. The first-order valence-corrected chi connectivity index (χ1v) is 8.55. The summed E-state index contributed by atoms with van der Waals surface area (Å²) in [5.41, 5.74) is 2.36. The SMILES string of the molecule is CNc1snc(C)c1C(=O)NCC1(O)CCCc2ccccc21. The van der Waals surface area contributed by atoms with Crippen LogP contribution in [0.3, 0.4) is 0 Å². The molecule has 1 aromatic carbocycles. The molecule has 3 N–H and O–H groups in total. The Bertz CT molecular complexity index is 728. The second kappa shape index (κ2) is 6.29. The van der Waals surface area contributed by atoms with E-state index in [1.54, 1.807) is 7.05 Å². The molecule has 3 rings (SSSR count). The van der Waals surface area contributed by atoms with Gasteiger partial charge >= 0.3 is 0 Å². The number of amides is 1. The molecule has 1 atom stereocenters. The average molecular weight is 331 g/mol. The Balaban J connectivity index is 1.78. The molecule has 0 spiro atoms. The Labute approximate surface area is 139 Å². The van der Waals surface area contributed by atoms with Gasteiger partial charge in [-0.2, -0.15) is 4.37 Å². The summed E-state index contributed by atoms with van der Waals surface area (Å²) in [7, 11) is 1.77. The number of aromatic nitrogens is 1. The summed E-state index contributed by atoms with van der Waals surface area (Å²) >= 11 is 1.27. The van der Waals surface area contributed by atoms with Crippen LogP contribution in [0.2, 0.25) is 0 Å². The number of nitrogens with one attached hydrogen (secondary N) is 2. The van der Waals surface area contributed by atoms with E-state index in [2.05, 4.69) is 15.0 Å². The predicted octanol–water partition coefficient (Wildman–Crippen LogP) is 2.45. The van der Waals surface area contributed by atoms with Gasteiger partial charge in [-0.3, -0.25) is 4.79 Å². The highest BCUT2D eigenvalue weighted by atomic mass is 32.1. The maximum absolute atomic E-state index is 12.5. The second-order valence-corrected chi connectivity index (χ2v) is 6.72. The van der Waals surface area contributed by atoms with Crippen molar-refractivity contribution in [3.8, 4) is 0 Å². The van der Waals surface area contributed by atoms with E-state index in [9.17, 15) is 9.90 Å². The van der Waals surface area contributed by atoms with Crippen LogP contribution in [0.25, 0.3) is 0 Å². The Morgan fingerprint density at radius 3 is 3.00 bits per heavy atom. The van der Waals surface area contributed by atoms with E-state index < -0.39 is 5.60 Å². The van der Waals surface area contributed by atoms with E-state index in [1.165, 1.54) is 17.1 Å². The number of hydrogen-bond acceptors (Lipinski definition) is 5. The van der Waals surface area contributed by atoms with Crippen molar-refractivity contribution >= 4 is 22.4 Å². The third kappa shape index (κ3) is 2.96. The number of nitrogens with zero attached hydrogens (tertiary/aromatic N) is 1. The molecule has 1 amide bonds. The highest BCUT2D eigenvalue weighted by Gasteiger charge is 2.34. The molecule has 1 aromatic heterocycles. The lowest BCUT2D eigenvalue weighted by Crippen LogP contribution is -2.43. The van der Waals surface area contributed by atoms with Gasteiger partial charge in [-0.1, -0.05) is 24.3 Å². The van der Waals surface area contributed by atoms with E-state index in [0.29, 0.717) is 17.7 Å². The number of rotatable bonds is 4. The third-order valence-electron chi connectivity index (χ3n) is 4.41. The molecular formula is C17H21N3O2S. The molecule has 23 heavy (non-hydrogen) atoms. The minimum absolute atomic E-state index is 0.197. The van der Waals surface area contributed by atoms with Crippen molar-refractivity contribution in [3.05, 3.63) is 46.6 Å². The first-order valence-electron chi connectivity index (χ1n) is 7.78. The molecule has 1 unspecified atom stereocenters. The minimum Gasteiger partial charge on any atom is -0.383 e. The van der Waals surface area contributed by atoms with Gasteiger partial charge in [-0.05, 0) is 48.8 Å². The smallest absolute Gasteiger partial charge is 0.256 e. The fourth-order valence-corrected chi connectivity index (χ4v) is 3.95. The van der Waals surface area contributed by atoms with Gasteiger partial charge in [0, 0.05) is 7.05 Å². The van der Waals surface area contributed by atoms with Crippen molar-refractivity contribution in [1.29, 1.82) is 0 Å². The topological polar surface area (TPSA) is 74.2 Å². The first kappa shape index (κ1) is 16.0. The van der Waals surface area contributed by atoms with Gasteiger partial charge < -0.3 is 15.7 Å². The quantitative estimate of drug-likeness (QED) is 0.804. The monoisotopic (exact) mass is 331 g/mol. The number of aryl methyl sites for hydroxylation is 2. The molecular weight excluding hydrogens is 310 g/mol. The van der Waals surface area contributed by atoms with Crippen molar-refractivity contribution in [3.63, 3.8) is 0 Å². The number of carbonyl (C=O) groups is 1. The number of benzene rings is 1. The lowest BCUT2D eigenvalue weighted by Gasteiger charge is -2.34. The number of aliphatic hydroxyl groups is 1. The Hall–Kier alpha value is -1.92. The van der Waals surface area contributed by atoms with Gasteiger partial charge in [0.05, 0.1) is 17.8 Å². The summed E-state index contributed by atoms with van der Waals surface area (Å²) in [6, 6.07) is 7.93. The van der Waals surface area contributed by atoms with Crippen LogP contribution in [-0.4, -0.2) is 29.0 Å².